The number of hydrogen-bond acceptors (Lipinski definition) is 8. The highest BCUT2D eigenvalue weighted by Crippen LogP contribution is 2.66. The van der Waals surface area contributed by atoms with Crippen molar-refractivity contribution >= 4 is 46.2 Å². The number of para-hydroxylation sites is 1. The minimum Gasteiger partial charge on any atom is -0.494 e. The summed E-state index contributed by atoms with van der Waals surface area (Å²) in [5, 5.41) is 24.8. The summed E-state index contributed by atoms with van der Waals surface area (Å²) in [5.41, 5.74) is 2.13. The standard InChI is InChI=1S/C31H38N6O5S/c1-4-18(3)23(16-38)37-27(29(40)32-17-36-22-9-7-6-8-21(22)34-35-36)31-15-14-24(43-31)25(26(31)30(37)41)28(39)33-19-10-12-20(13-11-19)42-5-2/h6-13,18,23-27,38H,4-5,14-17H2,1-3H3,(H,32,40)(H,33,39)/t18-,23-,24-,25+,26-,27?,31?/m0/s1. The van der Waals surface area contributed by atoms with E-state index in [4.69, 9.17) is 4.74 Å². The van der Waals surface area contributed by atoms with Crippen molar-refractivity contribution in [2.75, 3.05) is 18.5 Å². The number of amides is 3. The first kappa shape index (κ1) is 29.4. The highest BCUT2D eigenvalue weighted by molar-refractivity contribution is 8.02. The maximum Gasteiger partial charge on any atom is 0.245 e. The first-order chi connectivity index (χ1) is 20.8. The Labute approximate surface area is 254 Å². The number of carbonyl (C=O) groups is 3. The molecule has 3 saturated heterocycles. The van der Waals surface area contributed by atoms with E-state index in [1.54, 1.807) is 45.6 Å². The van der Waals surface area contributed by atoms with E-state index in [2.05, 4.69) is 20.9 Å². The van der Waals surface area contributed by atoms with Gasteiger partial charge in [-0.15, -0.1) is 16.9 Å². The number of thioether (sulfide) groups is 1. The number of hydrogen-bond donors (Lipinski definition) is 3. The third-order valence-electron chi connectivity index (χ3n) is 9.39. The van der Waals surface area contributed by atoms with E-state index in [0.717, 1.165) is 23.9 Å². The number of benzene rings is 2. The number of aliphatic hydroxyl groups excluding tert-OH is 1. The summed E-state index contributed by atoms with van der Waals surface area (Å²) in [4.78, 5) is 44.0. The van der Waals surface area contributed by atoms with Gasteiger partial charge in [0.15, 0.2) is 0 Å². The van der Waals surface area contributed by atoms with Crippen LogP contribution < -0.4 is 15.4 Å². The molecule has 6 rings (SSSR count). The van der Waals surface area contributed by atoms with Gasteiger partial charge < -0.3 is 25.4 Å². The fraction of sp³-hybridized carbons (Fsp3) is 0.516. The van der Waals surface area contributed by atoms with E-state index >= 15 is 0 Å². The van der Waals surface area contributed by atoms with Gasteiger partial charge in [0, 0.05) is 10.9 Å². The molecule has 3 aliphatic heterocycles. The molecule has 0 saturated carbocycles. The van der Waals surface area contributed by atoms with Crippen LogP contribution in [0.2, 0.25) is 0 Å². The van der Waals surface area contributed by atoms with Gasteiger partial charge in [-0.25, -0.2) is 4.68 Å². The smallest absolute Gasteiger partial charge is 0.245 e. The maximum absolute atomic E-state index is 14.4. The monoisotopic (exact) mass is 606 g/mol. The molecule has 3 fully saturated rings. The Kier molecular flexibility index (Phi) is 8.08. The maximum atomic E-state index is 14.4. The van der Waals surface area contributed by atoms with E-state index < -0.39 is 28.7 Å². The summed E-state index contributed by atoms with van der Waals surface area (Å²) in [7, 11) is 0. The minimum atomic E-state index is -0.829. The summed E-state index contributed by atoms with van der Waals surface area (Å²) in [6.45, 7) is 6.26. The highest BCUT2D eigenvalue weighted by atomic mass is 32.2. The highest BCUT2D eigenvalue weighted by Gasteiger charge is 2.74. The van der Waals surface area contributed by atoms with Crippen LogP contribution in [0.25, 0.3) is 11.0 Å². The summed E-state index contributed by atoms with van der Waals surface area (Å²) < 4.78 is 6.37. The molecule has 3 amide bonds. The van der Waals surface area contributed by atoms with Gasteiger partial charge in [-0.3, -0.25) is 14.4 Å². The predicted octanol–water partition coefficient (Wildman–Crippen LogP) is 3.04. The van der Waals surface area contributed by atoms with Crippen molar-refractivity contribution < 1.29 is 24.2 Å². The molecule has 4 heterocycles. The molecule has 3 N–H and O–H groups in total. The first-order valence-electron chi connectivity index (χ1n) is 15.0. The largest absolute Gasteiger partial charge is 0.494 e. The number of aromatic nitrogens is 3. The van der Waals surface area contributed by atoms with Crippen molar-refractivity contribution in [3.63, 3.8) is 0 Å². The van der Waals surface area contributed by atoms with E-state index in [-0.39, 0.29) is 42.2 Å². The zero-order chi connectivity index (χ0) is 30.3. The van der Waals surface area contributed by atoms with Gasteiger partial charge in [0.25, 0.3) is 0 Å². The Morgan fingerprint density at radius 1 is 1.16 bits per heavy atom. The van der Waals surface area contributed by atoms with Crippen LogP contribution in [0.3, 0.4) is 0 Å². The fourth-order valence-corrected chi connectivity index (χ4v) is 9.38. The van der Waals surface area contributed by atoms with Crippen LogP contribution in [0.1, 0.15) is 40.0 Å². The van der Waals surface area contributed by atoms with Crippen LogP contribution in [0.15, 0.2) is 48.5 Å². The van der Waals surface area contributed by atoms with Crippen molar-refractivity contribution in [1.29, 1.82) is 0 Å². The Bertz CT molecular complexity index is 1510. The van der Waals surface area contributed by atoms with E-state index in [9.17, 15) is 19.5 Å². The normalized spacial score (nSPS) is 27.3. The number of rotatable bonds is 11. The molecule has 228 valence electrons. The number of anilines is 1. The second-order valence-electron chi connectivity index (χ2n) is 11.7. The fourth-order valence-electron chi connectivity index (χ4n) is 7.17. The number of nitrogens with zero attached hydrogens (tertiary/aromatic N) is 4. The molecule has 2 aromatic carbocycles. The third-order valence-corrected chi connectivity index (χ3v) is 11.3. The lowest BCUT2D eigenvalue weighted by atomic mass is 9.70. The quantitative estimate of drug-likeness (QED) is 0.303. The molecular formula is C31H38N6O5S. The molecule has 7 atom stereocenters. The zero-order valence-electron chi connectivity index (χ0n) is 24.6. The number of ether oxygens (including phenoxy) is 1. The topological polar surface area (TPSA) is 139 Å². The summed E-state index contributed by atoms with van der Waals surface area (Å²) in [6, 6.07) is 13.3. The van der Waals surface area contributed by atoms with Gasteiger partial charge in [0.05, 0.1) is 41.4 Å². The Morgan fingerprint density at radius 3 is 2.65 bits per heavy atom. The summed E-state index contributed by atoms with van der Waals surface area (Å²) in [5.74, 6) is -1.35. The number of aliphatic hydroxyl groups is 1. The minimum absolute atomic E-state index is 0.0444. The van der Waals surface area contributed by atoms with E-state index in [0.29, 0.717) is 24.5 Å². The van der Waals surface area contributed by atoms with E-state index in [1.807, 2.05) is 45.0 Å². The number of fused-ring (bicyclic) bond motifs is 2. The molecular weight excluding hydrogens is 568 g/mol. The lowest BCUT2D eigenvalue weighted by Gasteiger charge is -2.39. The third kappa shape index (κ3) is 4.94. The Hall–Kier alpha value is -3.64. The van der Waals surface area contributed by atoms with Crippen molar-refractivity contribution in [2.24, 2.45) is 17.8 Å². The van der Waals surface area contributed by atoms with Gasteiger partial charge in [0.2, 0.25) is 17.7 Å². The van der Waals surface area contributed by atoms with Crippen LogP contribution in [0.4, 0.5) is 5.69 Å². The SMILES string of the molecule is CCOc1ccc(NC(=O)[C@@H]2[C@@H]3CCC4(S3)C(C(=O)NCn3nnc5ccccc53)N([C@@H](CO)[C@@H](C)CC)C(=O)[C@H]24)cc1. The van der Waals surface area contributed by atoms with Crippen molar-refractivity contribution in [2.45, 2.75) is 68.8 Å². The van der Waals surface area contributed by atoms with Crippen LogP contribution in [0, 0.1) is 17.8 Å². The van der Waals surface area contributed by atoms with Crippen molar-refractivity contribution in [3.05, 3.63) is 48.5 Å². The Balaban J connectivity index is 1.29. The second kappa shape index (κ2) is 11.8. The predicted molar refractivity (Wildman–Crippen MR) is 163 cm³/mol. The number of likely N-dealkylation sites (tertiary alicyclic amines) is 1. The van der Waals surface area contributed by atoms with Gasteiger partial charge in [0.1, 0.15) is 24.0 Å². The van der Waals surface area contributed by atoms with Crippen LogP contribution >= 0.6 is 11.8 Å². The van der Waals surface area contributed by atoms with Crippen molar-refractivity contribution in [1.82, 2.24) is 25.2 Å². The zero-order valence-corrected chi connectivity index (χ0v) is 25.4. The van der Waals surface area contributed by atoms with Gasteiger partial charge in [-0.2, -0.15) is 0 Å². The van der Waals surface area contributed by atoms with Crippen LogP contribution in [-0.2, 0) is 21.1 Å². The molecule has 2 bridgehead atoms. The van der Waals surface area contributed by atoms with Crippen LogP contribution in [-0.4, -0.2) is 78.0 Å². The molecule has 1 aromatic heterocycles. The summed E-state index contributed by atoms with van der Waals surface area (Å²) in [6.07, 6.45) is 2.10. The number of carbonyl (C=O) groups excluding carboxylic acids is 3. The number of nitrogens with one attached hydrogen (secondary N) is 2. The van der Waals surface area contributed by atoms with Gasteiger partial charge >= 0.3 is 0 Å². The average molecular weight is 607 g/mol. The molecule has 2 unspecified atom stereocenters. The molecule has 1 spiro atoms. The average Bonchev–Trinajstić information content (AvgIpc) is 3.77. The van der Waals surface area contributed by atoms with Gasteiger partial charge in [-0.05, 0) is 62.1 Å². The molecule has 0 radical (unpaired) electrons. The molecule has 43 heavy (non-hydrogen) atoms. The summed E-state index contributed by atoms with van der Waals surface area (Å²) >= 11 is 1.60. The van der Waals surface area contributed by atoms with Gasteiger partial charge in [-0.1, -0.05) is 37.6 Å². The van der Waals surface area contributed by atoms with Crippen LogP contribution in [0.5, 0.6) is 5.75 Å². The van der Waals surface area contributed by atoms with Crippen molar-refractivity contribution in [3.8, 4) is 5.75 Å². The lowest BCUT2D eigenvalue weighted by molar-refractivity contribution is -0.143. The Morgan fingerprint density at radius 2 is 1.93 bits per heavy atom. The molecule has 11 nitrogen and oxygen atoms in total. The molecule has 3 aromatic rings. The molecule has 0 aliphatic carbocycles. The molecule has 3 aliphatic rings. The lowest BCUT2D eigenvalue weighted by Crippen LogP contribution is -2.58. The molecule has 12 heteroatoms. The second-order valence-corrected chi connectivity index (χ2v) is 13.3. The first-order valence-corrected chi connectivity index (χ1v) is 15.9. The van der Waals surface area contributed by atoms with E-state index in [1.165, 1.54) is 0 Å².